The Morgan fingerprint density at radius 1 is 0.750 bits per heavy atom. The van der Waals surface area contributed by atoms with E-state index in [4.69, 9.17) is 21.2 Å². The van der Waals surface area contributed by atoms with E-state index in [0.29, 0.717) is 0 Å². The quantitative estimate of drug-likeness (QED) is 0.341. The van der Waals surface area contributed by atoms with E-state index in [1.165, 1.54) is 0 Å². The molecule has 0 aliphatic rings. The highest BCUT2D eigenvalue weighted by Crippen LogP contribution is 2.26. The molecule has 0 fully saturated rings. The molecule has 6 heteroatoms. The molecule has 0 saturated heterocycles. The number of benzene rings is 2. The second-order valence-corrected chi connectivity index (χ2v) is 4.04. The van der Waals surface area contributed by atoms with Crippen molar-refractivity contribution >= 4 is 0 Å². The number of hydrogen-bond donors (Lipinski definition) is 4. The van der Waals surface area contributed by atoms with Gasteiger partial charge in [-0.25, -0.2) is 10.9 Å². The van der Waals surface area contributed by atoms with Gasteiger partial charge in [0.25, 0.3) is 0 Å². The molecule has 0 aromatic heterocycles. The zero-order valence-electron chi connectivity index (χ0n) is 11.0. The summed E-state index contributed by atoms with van der Waals surface area (Å²) in [5.41, 5.74) is 6.96. The van der Waals surface area contributed by atoms with Crippen molar-refractivity contribution in [2.75, 3.05) is 13.5 Å². The van der Waals surface area contributed by atoms with Crippen LogP contribution in [-0.4, -0.2) is 13.5 Å². The van der Waals surface area contributed by atoms with Gasteiger partial charge in [0.15, 0.2) is 13.5 Å². The van der Waals surface area contributed by atoms with Crippen molar-refractivity contribution in [3.05, 3.63) is 48.5 Å². The van der Waals surface area contributed by atoms with Gasteiger partial charge in [0.2, 0.25) is 0 Å². The maximum absolute atomic E-state index is 5.42. The van der Waals surface area contributed by atoms with Gasteiger partial charge in [-0.15, -0.1) is 0 Å². The summed E-state index contributed by atoms with van der Waals surface area (Å²) in [6.45, 7) is 0.517. The first-order valence-corrected chi connectivity index (χ1v) is 6.16. The standard InChI is InChI=1S/C14H18N4O2/c15-17-9-19-13-5-1-3-11(7-13)12-4-2-6-14(8-12)20-10-18-16/h1-8,17-18H,9-10,15-16H2. The molecule has 0 unspecified atom stereocenters. The van der Waals surface area contributed by atoms with Gasteiger partial charge in [0.05, 0.1) is 0 Å². The second kappa shape index (κ2) is 7.46. The van der Waals surface area contributed by atoms with Gasteiger partial charge < -0.3 is 9.47 Å². The van der Waals surface area contributed by atoms with Gasteiger partial charge in [-0.1, -0.05) is 24.3 Å². The van der Waals surface area contributed by atoms with Crippen LogP contribution in [0, 0.1) is 0 Å². The summed E-state index contributed by atoms with van der Waals surface area (Å²) < 4.78 is 10.8. The Kier molecular flexibility index (Phi) is 5.33. The summed E-state index contributed by atoms with van der Waals surface area (Å²) in [6, 6.07) is 15.5. The number of ether oxygens (including phenoxy) is 2. The van der Waals surface area contributed by atoms with Crippen LogP contribution < -0.4 is 32.0 Å². The third-order valence-electron chi connectivity index (χ3n) is 2.65. The molecule has 0 spiro atoms. The van der Waals surface area contributed by atoms with Crippen LogP contribution in [0.1, 0.15) is 0 Å². The number of nitrogens with two attached hydrogens (primary N) is 2. The molecular formula is C14H18N4O2. The average molecular weight is 274 g/mol. The summed E-state index contributed by atoms with van der Waals surface area (Å²) in [7, 11) is 0. The fourth-order valence-electron chi connectivity index (χ4n) is 1.78. The molecule has 2 rings (SSSR count). The third kappa shape index (κ3) is 3.94. The summed E-state index contributed by atoms with van der Waals surface area (Å²) in [4.78, 5) is 0. The van der Waals surface area contributed by atoms with Crippen LogP contribution in [0.15, 0.2) is 48.5 Å². The Morgan fingerprint density at radius 3 is 1.60 bits per heavy atom. The lowest BCUT2D eigenvalue weighted by Gasteiger charge is -2.09. The molecule has 0 heterocycles. The molecule has 106 valence electrons. The van der Waals surface area contributed by atoms with E-state index < -0.39 is 0 Å². The third-order valence-corrected chi connectivity index (χ3v) is 2.65. The Bertz CT molecular complexity index is 499. The molecule has 0 amide bonds. The molecule has 6 nitrogen and oxygen atoms in total. The smallest absolute Gasteiger partial charge is 0.151 e. The van der Waals surface area contributed by atoms with Crippen molar-refractivity contribution in [3.8, 4) is 22.6 Å². The van der Waals surface area contributed by atoms with Gasteiger partial charge >= 0.3 is 0 Å². The van der Waals surface area contributed by atoms with Crippen molar-refractivity contribution < 1.29 is 9.47 Å². The van der Waals surface area contributed by atoms with Gasteiger partial charge in [-0.2, -0.15) is 0 Å². The van der Waals surface area contributed by atoms with E-state index in [9.17, 15) is 0 Å². The zero-order valence-corrected chi connectivity index (χ0v) is 11.0. The fourth-order valence-corrected chi connectivity index (χ4v) is 1.78. The van der Waals surface area contributed by atoms with Crippen LogP contribution in [-0.2, 0) is 0 Å². The maximum atomic E-state index is 5.42. The molecule has 0 aliphatic carbocycles. The van der Waals surface area contributed by atoms with Crippen LogP contribution in [0.4, 0.5) is 0 Å². The van der Waals surface area contributed by atoms with Crippen molar-refractivity contribution in [1.82, 2.24) is 10.9 Å². The number of hydrazine groups is 2. The molecule has 6 N–H and O–H groups in total. The van der Waals surface area contributed by atoms with Gasteiger partial charge in [-0.05, 0) is 35.4 Å². The van der Waals surface area contributed by atoms with E-state index in [2.05, 4.69) is 10.9 Å². The summed E-state index contributed by atoms with van der Waals surface area (Å²) in [6.07, 6.45) is 0. The highest BCUT2D eigenvalue weighted by atomic mass is 16.5. The monoisotopic (exact) mass is 274 g/mol. The molecule has 0 radical (unpaired) electrons. The molecule has 20 heavy (non-hydrogen) atoms. The van der Waals surface area contributed by atoms with Crippen LogP contribution >= 0.6 is 0 Å². The first-order chi connectivity index (χ1) is 9.83. The second-order valence-electron chi connectivity index (χ2n) is 4.04. The van der Waals surface area contributed by atoms with Crippen LogP contribution in [0.25, 0.3) is 11.1 Å². The van der Waals surface area contributed by atoms with Crippen LogP contribution in [0.5, 0.6) is 11.5 Å². The minimum atomic E-state index is 0.259. The first-order valence-electron chi connectivity index (χ1n) is 6.16. The van der Waals surface area contributed by atoms with E-state index in [0.717, 1.165) is 22.6 Å². The van der Waals surface area contributed by atoms with Gasteiger partial charge in [-0.3, -0.25) is 11.7 Å². The summed E-state index contributed by atoms with van der Waals surface area (Å²) in [5, 5.41) is 0. The van der Waals surface area contributed by atoms with E-state index in [1.807, 2.05) is 48.5 Å². The fraction of sp³-hybridized carbons (Fsp3) is 0.143. The Morgan fingerprint density at radius 2 is 1.20 bits per heavy atom. The Balaban J connectivity index is 2.17. The molecule has 0 aliphatic heterocycles. The molecular weight excluding hydrogens is 256 g/mol. The molecule has 0 bridgehead atoms. The zero-order chi connectivity index (χ0) is 14.2. The molecule has 2 aromatic rings. The predicted molar refractivity (Wildman–Crippen MR) is 77.5 cm³/mol. The summed E-state index contributed by atoms with van der Waals surface area (Å²) >= 11 is 0. The van der Waals surface area contributed by atoms with Crippen molar-refractivity contribution in [3.63, 3.8) is 0 Å². The maximum Gasteiger partial charge on any atom is 0.151 e. The number of nitrogens with one attached hydrogen (secondary N) is 2. The van der Waals surface area contributed by atoms with E-state index >= 15 is 0 Å². The van der Waals surface area contributed by atoms with E-state index in [1.54, 1.807) is 0 Å². The summed E-state index contributed by atoms with van der Waals surface area (Å²) in [5.74, 6) is 11.9. The molecule has 0 atom stereocenters. The number of hydrogen-bond acceptors (Lipinski definition) is 6. The highest BCUT2D eigenvalue weighted by molar-refractivity contribution is 5.66. The lowest BCUT2D eigenvalue weighted by Crippen LogP contribution is -2.26. The largest absolute Gasteiger partial charge is 0.477 e. The predicted octanol–water partition coefficient (Wildman–Crippen LogP) is 0.953. The van der Waals surface area contributed by atoms with Crippen LogP contribution in [0.3, 0.4) is 0 Å². The minimum Gasteiger partial charge on any atom is -0.477 e. The van der Waals surface area contributed by atoms with Crippen molar-refractivity contribution in [2.24, 2.45) is 11.7 Å². The van der Waals surface area contributed by atoms with Gasteiger partial charge in [0, 0.05) is 0 Å². The lowest BCUT2D eigenvalue weighted by molar-refractivity contribution is 0.286. The average Bonchev–Trinajstić information content (AvgIpc) is 2.51. The SMILES string of the molecule is NNCOc1cccc(-c2cccc(OCNN)c2)c1. The minimum absolute atomic E-state index is 0.259. The first kappa shape index (κ1) is 14.3. The van der Waals surface area contributed by atoms with Gasteiger partial charge in [0.1, 0.15) is 11.5 Å². The molecule has 0 saturated carbocycles. The van der Waals surface area contributed by atoms with Crippen LogP contribution in [0.2, 0.25) is 0 Å². The van der Waals surface area contributed by atoms with Crippen molar-refractivity contribution in [2.45, 2.75) is 0 Å². The normalized spacial score (nSPS) is 10.3. The number of rotatable bonds is 7. The van der Waals surface area contributed by atoms with Crippen molar-refractivity contribution in [1.29, 1.82) is 0 Å². The highest BCUT2D eigenvalue weighted by Gasteiger charge is 2.02. The van der Waals surface area contributed by atoms with E-state index in [-0.39, 0.29) is 13.5 Å². The molecule has 2 aromatic carbocycles. The Hall–Kier alpha value is -2.12. The Labute approximate surface area is 117 Å². The lowest BCUT2D eigenvalue weighted by atomic mass is 10.1. The topological polar surface area (TPSA) is 94.6 Å².